The van der Waals surface area contributed by atoms with Gasteiger partial charge in [0.25, 0.3) is 0 Å². The Kier molecular flexibility index (Phi) is 6.21. The van der Waals surface area contributed by atoms with E-state index < -0.39 is 28.6 Å². The number of ether oxygens (including phenoxy) is 3. The van der Waals surface area contributed by atoms with E-state index in [0.717, 1.165) is 4.31 Å². The summed E-state index contributed by atoms with van der Waals surface area (Å²) in [6, 6.07) is 4.25. The van der Waals surface area contributed by atoms with Crippen molar-refractivity contribution in [3.8, 4) is 11.5 Å². The second-order valence-corrected chi connectivity index (χ2v) is 6.94. The minimum absolute atomic E-state index is 0.0254. The highest BCUT2D eigenvalue weighted by molar-refractivity contribution is 7.89. The zero-order chi connectivity index (χ0) is 18.4. The molecule has 1 aromatic carbocycles. The van der Waals surface area contributed by atoms with E-state index in [9.17, 15) is 18.0 Å². The molecule has 0 spiro atoms. The van der Waals surface area contributed by atoms with Crippen LogP contribution in [0.15, 0.2) is 23.1 Å². The number of hydrogen-bond acceptors (Lipinski definition) is 7. The van der Waals surface area contributed by atoms with Crippen molar-refractivity contribution >= 4 is 22.0 Å². The van der Waals surface area contributed by atoms with Gasteiger partial charge in [0, 0.05) is 12.6 Å². The van der Waals surface area contributed by atoms with Crippen LogP contribution in [-0.2, 0) is 19.6 Å². The maximum absolute atomic E-state index is 12.7. The second-order valence-electron chi connectivity index (χ2n) is 5.01. The highest BCUT2D eigenvalue weighted by atomic mass is 32.2. The van der Waals surface area contributed by atoms with Crippen molar-refractivity contribution < 1.29 is 32.2 Å². The van der Waals surface area contributed by atoms with E-state index in [2.05, 4.69) is 4.74 Å². The van der Waals surface area contributed by atoms with Crippen LogP contribution in [0.25, 0.3) is 0 Å². The van der Waals surface area contributed by atoms with Crippen LogP contribution in [0.2, 0.25) is 0 Å². The average Bonchev–Trinajstić information content (AvgIpc) is 2.59. The van der Waals surface area contributed by atoms with Gasteiger partial charge in [-0.3, -0.25) is 10.1 Å². The summed E-state index contributed by atoms with van der Waals surface area (Å²) < 4.78 is 41.7. The minimum Gasteiger partial charge on any atom is -0.486 e. The van der Waals surface area contributed by atoms with E-state index in [0.29, 0.717) is 24.7 Å². The van der Waals surface area contributed by atoms with E-state index in [-0.39, 0.29) is 18.0 Å². The summed E-state index contributed by atoms with van der Waals surface area (Å²) in [4.78, 5) is 23.1. The molecule has 138 valence electrons. The molecule has 0 aromatic heterocycles. The molecule has 0 radical (unpaired) electrons. The molecule has 1 aliphatic heterocycles. The third-order valence-corrected chi connectivity index (χ3v) is 5.26. The Morgan fingerprint density at radius 1 is 1.20 bits per heavy atom. The summed E-state index contributed by atoms with van der Waals surface area (Å²) >= 11 is 0. The number of nitrogens with zero attached hydrogens (tertiary/aromatic N) is 1. The van der Waals surface area contributed by atoms with E-state index in [4.69, 9.17) is 9.47 Å². The van der Waals surface area contributed by atoms with Crippen LogP contribution in [0.3, 0.4) is 0 Å². The number of carbonyl (C=O) groups excluding carboxylic acids is 2. The molecular weight excluding hydrogens is 352 g/mol. The number of nitrogens with one attached hydrogen (secondary N) is 1. The Labute approximate surface area is 145 Å². The molecule has 0 fully saturated rings. The molecule has 2 rings (SSSR count). The molecule has 0 atom stereocenters. The Bertz CT molecular complexity index is 748. The lowest BCUT2D eigenvalue weighted by atomic mass is 10.3. The predicted molar refractivity (Wildman–Crippen MR) is 87.0 cm³/mol. The number of amides is 2. The fourth-order valence-corrected chi connectivity index (χ4v) is 3.60. The lowest BCUT2D eigenvalue weighted by Gasteiger charge is -2.22. The number of imide groups is 1. The summed E-state index contributed by atoms with van der Waals surface area (Å²) in [5, 5.41) is 1.97. The van der Waals surface area contributed by atoms with Gasteiger partial charge in [0.2, 0.25) is 15.9 Å². The number of benzene rings is 1. The van der Waals surface area contributed by atoms with Gasteiger partial charge in [0.1, 0.15) is 13.2 Å². The fourth-order valence-electron chi connectivity index (χ4n) is 2.18. The van der Waals surface area contributed by atoms with Gasteiger partial charge in [0.15, 0.2) is 11.5 Å². The summed E-state index contributed by atoms with van der Waals surface area (Å²) in [7, 11) is -3.94. The minimum atomic E-state index is -3.94. The van der Waals surface area contributed by atoms with Crippen molar-refractivity contribution in [2.75, 3.05) is 32.9 Å². The van der Waals surface area contributed by atoms with Gasteiger partial charge in [-0.2, -0.15) is 4.31 Å². The molecule has 9 nitrogen and oxygen atoms in total. The lowest BCUT2D eigenvalue weighted by molar-refractivity contribution is -0.120. The lowest BCUT2D eigenvalue weighted by Crippen LogP contribution is -2.42. The molecule has 25 heavy (non-hydrogen) atoms. The number of rotatable bonds is 6. The van der Waals surface area contributed by atoms with Gasteiger partial charge in [-0.25, -0.2) is 13.2 Å². The van der Waals surface area contributed by atoms with Crippen LogP contribution in [0, 0.1) is 0 Å². The smallest absolute Gasteiger partial charge is 0.413 e. The number of carbonyl (C=O) groups is 2. The van der Waals surface area contributed by atoms with Gasteiger partial charge >= 0.3 is 6.09 Å². The Balaban J connectivity index is 2.15. The highest BCUT2D eigenvalue weighted by Crippen LogP contribution is 2.33. The van der Waals surface area contributed by atoms with Gasteiger partial charge in [-0.05, 0) is 19.1 Å². The van der Waals surface area contributed by atoms with Crippen LogP contribution in [0.4, 0.5) is 4.79 Å². The van der Waals surface area contributed by atoms with Gasteiger partial charge in [-0.1, -0.05) is 6.92 Å². The first-order chi connectivity index (χ1) is 11.9. The van der Waals surface area contributed by atoms with Crippen molar-refractivity contribution in [1.82, 2.24) is 9.62 Å². The third-order valence-electron chi connectivity index (χ3n) is 3.34. The molecule has 0 aliphatic carbocycles. The maximum Gasteiger partial charge on any atom is 0.413 e. The SMILES string of the molecule is CCOC(=O)NC(=O)CN(CC)S(=O)(=O)c1ccc2c(c1)OCCO2. The Hall–Kier alpha value is -2.33. The first kappa shape index (κ1) is 19.0. The van der Waals surface area contributed by atoms with Crippen LogP contribution >= 0.6 is 0 Å². The standard InChI is InChI=1S/C15H20N2O7S/c1-3-17(10-14(18)16-15(19)22-4-2)25(20,21)11-5-6-12-13(9-11)24-8-7-23-12/h5-6,9H,3-4,7-8,10H2,1-2H3,(H,16,18,19). The summed E-state index contributed by atoms with van der Waals surface area (Å²) in [6.07, 6.45) is -0.916. The first-order valence-electron chi connectivity index (χ1n) is 7.74. The zero-order valence-corrected chi connectivity index (χ0v) is 14.8. The molecule has 1 heterocycles. The van der Waals surface area contributed by atoms with Crippen LogP contribution in [0.1, 0.15) is 13.8 Å². The van der Waals surface area contributed by atoms with Gasteiger partial charge in [-0.15, -0.1) is 0 Å². The maximum atomic E-state index is 12.7. The molecule has 0 saturated heterocycles. The molecule has 1 aromatic rings. The number of fused-ring (bicyclic) bond motifs is 1. The molecule has 10 heteroatoms. The Morgan fingerprint density at radius 2 is 1.88 bits per heavy atom. The van der Waals surface area contributed by atoms with E-state index in [1.165, 1.54) is 18.2 Å². The van der Waals surface area contributed by atoms with Crippen molar-refractivity contribution in [2.24, 2.45) is 0 Å². The summed E-state index contributed by atoms with van der Waals surface area (Å²) in [5.74, 6) is 0.0223. The third kappa shape index (κ3) is 4.60. The number of alkyl carbamates (subject to hydrolysis) is 1. The monoisotopic (exact) mass is 372 g/mol. The number of likely N-dealkylation sites (N-methyl/N-ethyl adjacent to an activating group) is 1. The van der Waals surface area contributed by atoms with Crippen molar-refractivity contribution in [1.29, 1.82) is 0 Å². The molecule has 2 amide bonds. The van der Waals surface area contributed by atoms with Crippen LogP contribution < -0.4 is 14.8 Å². The molecule has 0 unspecified atom stereocenters. The Morgan fingerprint density at radius 3 is 2.52 bits per heavy atom. The molecular formula is C15H20N2O7S. The molecule has 0 bridgehead atoms. The van der Waals surface area contributed by atoms with Crippen molar-refractivity contribution in [2.45, 2.75) is 18.7 Å². The van der Waals surface area contributed by atoms with Gasteiger partial charge in [0.05, 0.1) is 18.0 Å². The largest absolute Gasteiger partial charge is 0.486 e. The normalized spacial score (nSPS) is 13.4. The number of sulfonamides is 1. The van der Waals surface area contributed by atoms with Crippen molar-refractivity contribution in [3.63, 3.8) is 0 Å². The molecule has 1 N–H and O–H groups in total. The molecule has 0 saturated carbocycles. The quantitative estimate of drug-likeness (QED) is 0.784. The number of hydrogen-bond donors (Lipinski definition) is 1. The zero-order valence-electron chi connectivity index (χ0n) is 14.0. The van der Waals surface area contributed by atoms with Crippen LogP contribution in [0.5, 0.6) is 11.5 Å². The highest BCUT2D eigenvalue weighted by Gasteiger charge is 2.27. The average molecular weight is 372 g/mol. The summed E-state index contributed by atoms with van der Waals surface area (Å²) in [6.45, 7) is 3.55. The summed E-state index contributed by atoms with van der Waals surface area (Å²) in [5.41, 5.74) is 0. The van der Waals surface area contributed by atoms with E-state index in [1.54, 1.807) is 13.8 Å². The van der Waals surface area contributed by atoms with E-state index in [1.807, 2.05) is 5.32 Å². The predicted octanol–water partition coefficient (Wildman–Crippen LogP) is 0.741. The second kappa shape index (κ2) is 8.17. The topological polar surface area (TPSA) is 111 Å². The van der Waals surface area contributed by atoms with Gasteiger partial charge < -0.3 is 14.2 Å². The van der Waals surface area contributed by atoms with Crippen LogP contribution in [-0.4, -0.2) is 57.6 Å². The van der Waals surface area contributed by atoms with Crippen molar-refractivity contribution in [3.05, 3.63) is 18.2 Å². The first-order valence-corrected chi connectivity index (χ1v) is 9.18. The molecule has 1 aliphatic rings. The fraction of sp³-hybridized carbons (Fsp3) is 0.467. The van der Waals surface area contributed by atoms with E-state index >= 15 is 0 Å².